The molecule has 0 aliphatic carbocycles. The predicted molar refractivity (Wildman–Crippen MR) is 91.6 cm³/mol. The molecular formula is C19H14F4N4O. The van der Waals surface area contributed by atoms with Crippen LogP contribution >= 0.6 is 0 Å². The largest absolute Gasteiger partial charge is 0.419 e. The number of pyridine rings is 1. The third-order valence-electron chi connectivity index (χ3n) is 4.53. The fraction of sp³-hybridized carbons (Fsp3) is 0.211. The summed E-state index contributed by atoms with van der Waals surface area (Å²) in [5.74, 6) is -1.49. The Morgan fingerprint density at radius 2 is 2.00 bits per heavy atom. The van der Waals surface area contributed by atoms with E-state index < -0.39 is 17.6 Å². The summed E-state index contributed by atoms with van der Waals surface area (Å²) in [6.07, 6.45) is -1.04. The molecule has 0 spiro atoms. The number of nitrogens with one attached hydrogen (secondary N) is 1. The molecule has 1 aliphatic heterocycles. The van der Waals surface area contributed by atoms with E-state index in [1.165, 1.54) is 18.5 Å². The maximum Gasteiger partial charge on any atom is 0.419 e. The lowest BCUT2D eigenvalue weighted by atomic mass is 10.0. The van der Waals surface area contributed by atoms with E-state index in [1.54, 1.807) is 16.8 Å². The zero-order chi connectivity index (χ0) is 19.9. The van der Waals surface area contributed by atoms with E-state index in [9.17, 15) is 22.4 Å². The summed E-state index contributed by atoms with van der Waals surface area (Å²) in [6.45, 7) is 0.505. The molecule has 0 bridgehead atoms. The van der Waals surface area contributed by atoms with Crippen LogP contribution in [0.5, 0.6) is 0 Å². The molecule has 5 nitrogen and oxygen atoms in total. The van der Waals surface area contributed by atoms with Gasteiger partial charge in [0.15, 0.2) is 0 Å². The number of benzene rings is 1. The summed E-state index contributed by atoms with van der Waals surface area (Å²) in [4.78, 5) is 16.1. The van der Waals surface area contributed by atoms with E-state index in [2.05, 4.69) is 15.4 Å². The second kappa shape index (κ2) is 6.74. The minimum absolute atomic E-state index is 0.0984. The number of halogens is 4. The van der Waals surface area contributed by atoms with Gasteiger partial charge in [0.2, 0.25) is 0 Å². The van der Waals surface area contributed by atoms with Gasteiger partial charge in [-0.25, -0.2) is 9.07 Å². The molecule has 1 N–H and O–H groups in total. The average Bonchev–Trinajstić information content (AvgIpc) is 3.08. The van der Waals surface area contributed by atoms with Gasteiger partial charge in [0.05, 0.1) is 28.7 Å². The molecular weight excluding hydrogens is 376 g/mol. The molecule has 0 fully saturated rings. The van der Waals surface area contributed by atoms with Gasteiger partial charge in [0, 0.05) is 31.3 Å². The average molecular weight is 390 g/mol. The van der Waals surface area contributed by atoms with Crippen molar-refractivity contribution in [3.63, 3.8) is 0 Å². The van der Waals surface area contributed by atoms with Gasteiger partial charge in [0.1, 0.15) is 5.82 Å². The van der Waals surface area contributed by atoms with Gasteiger partial charge < -0.3 is 5.32 Å². The molecule has 0 saturated carbocycles. The lowest BCUT2D eigenvalue weighted by molar-refractivity contribution is -0.140. The molecule has 1 aromatic carbocycles. The summed E-state index contributed by atoms with van der Waals surface area (Å²) in [5.41, 5.74) is 1.41. The predicted octanol–water partition coefficient (Wildman–Crippen LogP) is 3.30. The van der Waals surface area contributed by atoms with Crippen LogP contribution < -0.4 is 5.32 Å². The fourth-order valence-corrected chi connectivity index (χ4v) is 3.22. The monoisotopic (exact) mass is 390 g/mol. The van der Waals surface area contributed by atoms with Gasteiger partial charge in [-0.1, -0.05) is 6.07 Å². The minimum atomic E-state index is -4.76. The number of nitrogens with zero attached hydrogens (tertiary/aromatic N) is 3. The Bertz CT molecular complexity index is 1060. The molecule has 3 heterocycles. The quantitative estimate of drug-likeness (QED) is 0.698. The molecule has 1 amide bonds. The van der Waals surface area contributed by atoms with Gasteiger partial charge in [-0.2, -0.15) is 18.3 Å². The van der Waals surface area contributed by atoms with Crippen molar-refractivity contribution in [2.75, 3.05) is 6.54 Å². The first kappa shape index (κ1) is 18.1. The van der Waals surface area contributed by atoms with Crippen LogP contribution in [-0.2, 0) is 19.0 Å². The van der Waals surface area contributed by atoms with E-state index in [1.807, 2.05) is 0 Å². The molecule has 28 heavy (non-hydrogen) atoms. The molecule has 2 aromatic heterocycles. The summed E-state index contributed by atoms with van der Waals surface area (Å²) in [5, 5.41) is 7.00. The number of hydrogen-bond donors (Lipinski definition) is 1. The Hall–Kier alpha value is -3.23. The van der Waals surface area contributed by atoms with Gasteiger partial charge in [0.25, 0.3) is 5.91 Å². The number of alkyl halides is 3. The number of amides is 1. The lowest BCUT2D eigenvalue weighted by Gasteiger charge is -2.15. The highest BCUT2D eigenvalue weighted by Gasteiger charge is 2.34. The lowest BCUT2D eigenvalue weighted by Crippen LogP contribution is -2.32. The second-order valence-electron chi connectivity index (χ2n) is 6.42. The third-order valence-corrected chi connectivity index (χ3v) is 4.53. The SMILES string of the molecule is O=C1NCCc2c1cnn2-c1ccnc(Cc2ccc(F)c(C(F)(F)F)c2)c1. The molecule has 0 atom stereocenters. The Balaban J connectivity index is 1.65. The Morgan fingerprint density at radius 3 is 2.79 bits per heavy atom. The van der Waals surface area contributed by atoms with Gasteiger partial charge in [-0.15, -0.1) is 0 Å². The number of aromatic nitrogens is 3. The molecule has 144 valence electrons. The first-order valence-corrected chi connectivity index (χ1v) is 8.49. The summed E-state index contributed by atoms with van der Waals surface area (Å²) in [7, 11) is 0. The second-order valence-corrected chi connectivity index (χ2v) is 6.42. The Kier molecular flexibility index (Phi) is 4.37. The zero-order valence-corrected chi connectivity index (χ0v) is 14.4. The van der Waals surface area contributed by atoms with Crippen LogP contribution in [0.3, 0.4) is 0 Å². The van der Waals surface area contributed by atoms with Gasteiger partial charge in [-0.3, -0.25) is 9.78 Å². The maximum absolute atomic E-state index is 13.5. The van der Waals surface area contributed by atoms with E-state index in [4.69, 9.17) is 0 Å². The third kappa shape index (κ3) is 3.35. The summed E-state index contributed by atoms with van der Waals surface area (Å²) in [6, 6.07) is 6.30. The molecule has 3 aromatic rings. The highest BCUT2D eigenvalue weighted by Crippen LogP contribution is 2.32. The van der Waals surface area contributed by atoms with Crippen LogP contribution in [0.4, 0.5) is 17.6 Å². The Labute approximate surface area is 157 Å². The van der Waals surface area contributed by atoms with Crippen LogP contribution in [0.25, 0.3) is 5.69 Å². The topological polar surface area (TPSA) is 59.8 Å². The van der Waals surface area contributed by atoms with Crippen molar-refractivity contribution in [3.8, 4) is 5.69 Å². The van der Waals surface area contributed by atoms with Crippen molar-refractivity contribution >= 4 is 5.91 Å². The van der Waals surface area contributed by atoms with Crippen LogP contribution in [0, 0.1) is 5.82 Å². The summed E-state index contributed by atoms with van der Waals surface area (Å²) < 4.78 is 53.8. The van der Waals surface area contributed by atoms with Crippen molar-refractivity contribution in [2.45, 2.75) is 19.0 Å². The first-order chi connectivity index (χ1) is 13.3. The van der Waals surface area contributed by atoms with Gasteiger partial charge >= 0.3 is 6.18 Å². The number of carbonyl (C=O) groups excluding carboxylic acids is 1. The van der Waals surface area contributed by atoms with Crippen LogP contribution in [-0.4, -0.2) is 27.2 Å². The molecule has 0 saturated heterocycles. The van der Waals surface area contributed by atoms with Crippen LogP contribution in [0.1, 0.15) is 32.9 Å². The van der Waals surface area contributed by atoms with E-state index >= 15 is 0 Å². The molecule has 0 unspecified atom stereocenters. The van der Waals surface area contributed by atoms with Crippen LogP contribution in [0.2, 0.25) is 0 Å². The molecule has 9 heteroatoms. The molecule has 1 aliphatic rings. The van der Waals surface area contributed by atoms with E-state index in [0.717, 1.165) is 17.8 Å². The summed E-state index contributed by atoms with van der Waals surface area (Å²) >= 11 is 0. The minimum Gasteiger partial charge on any atom is -0.352 e. The van der Waals surface area contributed by atoms with Gasteiger partial charge in [-0.05, 0) is 29.8 Å². The normalized spacial score (nSPS) is 13.9. The van der Waals surface area contributed by atoms with Crippen LogP contribution in [0.15, 0.2) is 42.7 Å². The van der Waals surface area contributed by atoms with E-state index in [0.29, 0.717) is 35.5 Å². The van der Waals surface area contributed by atoms with Crippen molar-refractivity contribution in [1.82, 2.24) is 20.1 Å². The maximum atomic E-state index is 13.5. The van der Waals surface area contributed by atoms with Crippen molar-refractivity contribution in [1.29, 1.82) is 0 Å². The zero-order valence-electron chi connectivity index (χ0n) is 14.4. The fourth-order valence-electron chi connectivity index (χ4n) is 3.22. The first-order valence-electron chi connectivity index (χ1n) is 8.49. The smallest absolute Gasteiger partial charge is 0.352 e. The van der Waals surface area contributed by atoms with E-state index in [-0.39, 0.29) is 12.3 Å². The molecule has 4 rings (SSSR count). The highest BCUT2D eigenvalue weighted by molar-refractivity contribution is 5.96. The van der Waals surface area contributed by atoms with Crippen molar-refractivity contribution in [3.05, 3.63) is 76.6 Å². The number of carbonyl (C=O) groups is 1. The number of hydrogen-bond acceptors (Lipinski definition) is 3. The van der Waals surface area contributed by atoms with Crippen molar-refractivity contribution < 1.29 is 22.4 Å². The van der Waals surface area contributed by atoms with Crippen molar-refractivity contribution in [2.24, 2.45) is 0 Å². The Morgan fingerprint density at radius 1 is 1.18 bits per heavy atom. The molecule has 0 radical (unpaired) electrons. The number of fused-ring (bicyclic) bond motifs is 1. The standard InChI is InChI=1S/C19H14F4N4O/c20-16-2-1-11(8-15(16)19(21,22)23)7-12-9-13(3-5-24-12)27-17-4-6-25-18(28)14(17)10-26-27/h1-3,5,8-10H,4,6-7H2,(H,25,28). The highest BCUT2D eigenvalue weighted by atomic mass is 19.4. The number of rotatable bonds is 3.